The van der Waals surface area contributed by atoms with Crippen LogP contribution in [-0.2, 0) is 11.3 Å². The number of benzene rings is 2. The summed E-state index contributed by atoms with van der Waals surface area (Å²) in [5.74, 6) is 0.836. The van der Waals surface area contributed by atoms with Gasteiger partial charge in [0.2, 0.25) is 0 Å². The Bertz CT molecular complexity index is 843. The summed E-state index contributed by atoms with van der Waals surface area (Å²) in [7, 11) is 1.67. The van der Waals surface area contributed by atoms with Gasteiger partial charge in [-0.25, -0.2) is 0 Å². The molecule has 0 spiro atoms. The van der Waals surface area contributed by atoms with Crippen molar-refractivity contribution < 1.29 is 9.47 Å². The van der Waals surface area contributed by atoms with Crippen LogP contribution < -0.4 is 10.1 Å². The van der Waals surface area contributed by atoms with Crippen LogP contribution in [0.25, 0.3) is 0 Å². The molecule has 1 aliphatic rings. The molecular weight excluding hydrogens is 418 g/mol. The molecule has 0 bridgehead atoms. The predicted octanol–water partition coefficient (Wildman–Crippen LogP) is 4.58. The number of thiocarbonyl (C=S) groups is 1. The Balaban J connectivity index is 1.67. The molecule has 0 saturated carbocycles. The van der Waals surface area contributed by atoms with E-state index >= 15 is 0 Å². The number of halogens is 1. The lowest BCUT2D eigenvalue weighted by Crippen LogP contribution is -2.40. The summed E-state index contributed by atoms with van der Waals surface area (Å²) in [6.45, 7) is 8.24. The fraction of sp³-hybridized carbons (Fsp3) is 0.435. The van der Waals surface area contributed by atoms with Gasteiger partial charge in [-0.05, 0) is 61.0 Å². The van der Waals surface area contributed by atoms with Crippen LogP contribution in [-0.4, -0.2) is 61.4 Å². The minimum Gasteiger partial charge on any atom is -0.497 e. The molecule has 0 amide bonds. The number of rotatable bonds is 8. The molecule has 1 fully saturated rings. The second-order valence-electron chi connectivity index (χ2n) is 7.43. The Labute approximate surface area is 189 Å². The van der Waals surface area contributed by atoms with Crippen LogP contribution in [0.5, 0.6) is 5.75 Å². The third-order valence-corrected chi connectivity index (χ3v) is 6.02. The summed E-state index contributed by atoms with van der Waals surface area (Å²) in [6, 6.07) is 13.9. The molecule has 1 N–H and O–H groups in total. The molecule has 0 unspecified atom stereocenters. The second-order valence-corrected chi connectivity index (χ2v) is 8.23. The largest absolute Gasteiger partial charge is 0.497 e. The summed E-state index contributed by atoms with van der Waals surface area (Å²) in [5, 5.41) is 4.88. The SMILES string of the molecule is COc1ccc(NC(=S)N(CCCN2CCOCC2)Cc2ccccc2Cl)c(C)c1. The van der Waals surface area contributed by atoms with Crippen molar-refractivity contribution in [1.82, 2.24) is 9.80 Å². The topological polar surface area (TPSA) is 37.0 Å². The number of morpholine rings is 1. The number of anilines is 1. The molecule has 30 heavy (non-hydrogen) atoms. The van der Waals surface area contributed by atoms with Crippen LogP contribution in [0.2, 0.25) is 5.02 Å². The average Bonchev–Trinajstić information content (AvgIpc) is 2.76. The monoisotopic (exact) mass is 447 g/mol. The van der Waals surface area contributed by atoms with E-state index in [1.165, 1.54) is 0 Å². The van der Waals surface area contributed by atoms with Crippen LogP contribution in [0.3, 0.4) is 0 Å². The Morgan fingerprint density at radius 3 is 2.70 bits per heavy atom. The van der Waals surface area contributed by atoms with Crippen molar-refractivity contribution in [3.05, 3.63) is 58.6 Å². The lowest BCUT2D eigenvalue weighted by molar-refractivity contribution is 0.0368. The third kappa shape index (κ3) is 6.57. The van der Waals surface area contributed by atoms with E-state index in [-0.39, 0.29) is 0 Å². The van der Waals surface area contributed by atoms with E-state index in [0.29, 0.717) is 11.7 Å². The first-order chi connectivity index (χ1) is 14.6. The van der Waals surface area contributed by atoms with Crippen molar-refractivity contribution in [2.45, 2.75) is 19.9 Å². The summed E-state index contributed by atoms with van der Waals surface area (Å²) in [6.07, 6.45) is 1.02. The molecule has 2 aromatic rings. The van der Waals surface area contributed by atoms with Gasteiger partial charge in [-0.2, -0.15) is 0 Å². The van der Waals surface area contributed by atoms with Gasteiger partial charge in [-0.15, -0.1) is 0 Å². The highest BCUT2D eigenvalue weighted by Crippen LogP contribution is 2.23. The van der Waals surface area contributed by atoms with Crippen molar-refractivity contribution in [1.29, 1.82) is 0 Å². The molecule has 2 aromatic carbocycles. The first-order valence-corrected chi connectivity index (χ1v) is 11.1. The summed E-state index contributed by atoms with van der Waals surface area (Å²) in [5.41, 5.74) is 3.14. The zero-order valence-electron chi connectivity index (χ0n) is 17.7. The Hall–Kier alpha value is -1.86. The average molecular weight is 448 g/mol. The van der Waals surface area contributed by atoms with E-state index in [9.17, 15) is 0 Å². The fourth-order valence-electron chi connectivity index (χ4n) is 3.49. The molecule has 162 valence electrons. The normalized spacial score (nSPS) is 14.4. The maximum absolute atomic E-state index is 6.42. The third-order valence-electron chi connectivity index (χ3n) is 5.29. The van der Waals surface area contributed by atoms with Crippen molar-refractivity contribution in [2.75, 3.05) is 51.8 Å². The Morgan fingerprint density at radius 1 is 1.23 bits per heavy atom. The van der Waals surface area contributed by atoms with Crippen molar-refractivity contribution in [2.24, 2.45) is 0 Å². The van der Waals surface area contributed by atoms with Crippen LogP contribution in [0.4, 0.5) is 5.69 Å². The number of methoxy groups -OCH3 is 1. The number of nitrogens with zero attached hydrogens (tertiary/aromatic N) is 2. The highest BCUT2D eigenvalue weighted by molar-refractivity contribution is 7.80. The van der Waals surface area contributed by atoms with E-state index in [1.807, 2.05) is 43.3 Å². The zero-order chi connectivity index (χ0) is 21.3. The first-order valence-electron chi connectivity index (χ1n) is 10.3. The molecule has 0 aromatic heterocycles. The summed E-state index contributed by atoms with van der Waals surface area (Å²) >= 11 is 12.2. The Kier molecular flexibility index (Phi) is 8.75. The van der Waals surface area contributed by atoms with Crippen molar-refractivity contribution in [3.63, 3.8) is 0 Å². The molecule has 7 heteroatoms. The van der Waals surface area contributed by atoms with Crippen molar-refractivity contribution in [3.8, 4) is 5.75 Å². The smallest absolute Gasteiger partial charge is 0.173 e. The van der Waals surface area contributed by atoms with Gasteiger partial charge in [0.25, 0.3) is 0 Å². The number of hydrogen-bond donors (Lipinski definition) is 1. The van der Waals surface area contributed by atoms with Crippen LogP contribution in [0.1, 0.15) is 17.5 Å². The molecule has 0 aliphatic carbocycles. The van der Waals surface area contributed by atoms with Crippen molar-refractivity contribution >= 4 is 34.6 Å². The van der Waals surface area contributed by atoms with E-state index in [2.05, 4.69) is 21.2 Å². The van der Waals surface area contributed by atoms with E-state index in [4.69, 9.17) is 33.3 Å². The Morgan fingerprint density at radius 2 is 2.00 bits per heavy atom. The molecule has 1 aliphatic heterocycles. The number of aryl methyl sites for hydroxylation is 1. The standard InChI is InChI=1S/C23H30ClN3O2S/c1-18-16-20(28-2)8-9-22(18)25-23(30)27(17-19-6-3-4-7-21(19)24)11-5-10-26-12-14-29-15-13-26/h3-4,6-9,16H,5,10-15,17H2,1-2H3,(H,25,30). The lowest BCUT2D eigenvalue weighted by Gasteiger charge is -2.30. The maximum atomic E-state index is 6.42. The van der Waals surface area contributed by atoms with Gasteiger partial charge in [0.15, 0.2) is 5.11 Å². The van der Waals surface area contributed by atoms with Crippen LogP contribution in [0, 0.1) is 6.92 Å². The van der Waals surface area contributed by atoms with Gasteiger partial charge >= 0.3 is 0 Å². The molecule has 3 rings (SSSR count). The summed E-state index contributed by atoms with van der Waals surface area (Å²) in [4.78, 5) is 4.64. The molecule has 0 radical (unpaired) electrons. The number of hydrogen-bond acceptors (Lipinski definition) is 4. The molecule has 1 saturated heterocycles. The minimum atomic E-state index is 0.670. The zero-order valence-corrected chi connectivity index (χ0v) is 19.3. The fourth-order valence-corrected chi connectivity index (χ4v) is 3.95. The van der Waals surface area contributed by atoms with Gasteiger partial charge in [0.05, 0.1) is 20.3 Å². The van der Waals surface area contributed by atoms with Gasteiger partial charge < -0.3 is 19.7 Å². The van der Waals surface area contributed by atoms with Gasteiger partial charge in [-0.3, -0.25) is 4.90 Å². The lowest BCUT2D eigenvalue weighted by atomic mass is 10.2. The van der Waals surface area contributed by atoms with Gasteiger partial charge in [0.1, 0.15) is 5.75 Å². The van der Waals surface area contributed by atoms with Gasteiger partial charge in [-0.1, -0.05) is 29.8 Å². The highest BCUT2D eigenvalue weighted by atomic mass is 35.5. The van der Waals surface area contributed by atoms with E-state index in [1.54, 1.807) is 7.11 Å². The van der Waals surface area contributed by atoms with Gasteiger partial charge in [0, 0.05) is 43.4 Å². The van der Waals surface area contributed by atoms with E-state index < -0.39 is 0 Å². The second kappa shape index (κ2) is 11.5. The predicted molar refractivity (Wildman–Crippen MR) is 128 cm³/mol. The maximum Gasteiger partial charge on any atom is 0.173 e. The minimum absolute atomic E-state index is 0.670. The molecule has 0 atom stereocenters. The number of nitrogens with one attached hydrogen (secondary N) is 1. The molecule has 5 nitrogen and oxygen atoms in total. The van der Waals surface area contributed by atoms with Crippen LogP contribution >= 0.6 is 23.8 Å². The van der Waals surface area contributed by atoms with E-state index in [0.717, 1.165) is 73.4 Å². The molecule has 1 heterocycles. The number of ether oxygens (including phenoxy) is 2. The van der Waals surface area contributed by atoms with Crippen LogP contribution in [0.15, 0.2) is 42.5 Å². The highest BCUT2D eigenvalue weighted by Gasteiger charge is 2.15. The quantitative estimate of drug-likeness (QED) is 0.597. The molecular formula is C23H30ClN3O2S. The first kappa shape index (κ1) is 22.8. The summed E-state index contributed by atoms with van der Waals surface area (Å²) < 4.78 is 10.8.